The molecule has 0 spiro atoms. The van der Waals surface area contributed by atoms with Gasteiger partial charge in [-0.1, -0.05) is 151 Å². The van der Waals surface area contributed by atoms with Gasteiger partial charge in [0.15, 0.2) is 0 Å². The van der Waals surface area contributed by atoms with Crippen LogP contribution in [0.1, 0.15) is 44.5 Å². The van der Waals surface area contributed by atoms with Crippen LogP contribution in [-0.4, -0.2) is 0 Å². The van der Waals surface area contributed by atoms with Gasteiger partial charge in [-0.15, -0.1) is 0 Å². The summed E-state index contributed by atoms with van der Waals surface area (Å²) in [7, 11) is 0. The highest BCUT2D eigenvalue weighted by Crippen LogP contribution is 2.60. The zero-order valence-corrected chi connectivity index (χ0v) is 27.9. The Hall–Kier alpha value is -6.24. The second-order valence-corrected chi connectivity index (χ2v) is 14.5. The fourth-order valence-electron chi connectivity index (χ4n) is 9.71. The molecular weight excluding hydrogens is 601 g/mol. The van der Waals surface area contributed by atoms with E-state index < -0.39 is 0 Å². The van der Waals surface area contributed by atoms with Crippen LogP contribution in [0, 0.1) is 13.8 Å². The van der Waals surface area contributed by atoms with Crippen molar-refractivity contribution in [3.05, 3.63) is 190 Å². The molecule has 0 saturated heterocycles. The molecule has 230 valence electrons. The van der Waals surface area contributed by atoms with Crippen LogP contribution in [0.4, 0.5) is 0 Å². The number of allylic oxidation sites excluding steroid dienone is 2. The van der Waals surface area contributed by atoms with Gasteiger partial charge in [-0.25, -0.2) is 0 Å². The van der Waals surface area contributed by atoms with Crippen molar-refractivity contribution in [3.63, 3.8) is 0 Å². The molecule has 0 N–H and O–H groups in total. The number of hydrogen-bond donors (Lipinski definition) is 0. The molecule has 0 saturated carbocycles. The van der Waals surface area contributed by atoms with Gasteiger partial charge in [0.25, 0.3) is 0 Å². The van der Waals surface area contributed by atoms with Gasteiger partial charge in [0.1, 0.15) is 0 Å². The van der Waals surface area contributed by atoms with Crippen LogP contribution in [0.5, 0.6) is 0 Å². The molecule has 12 rings (SSSR count). The summed E-state index contributed by atoms with van der Waals surface area (Å²) in [5.41, 5.74) is 16.0. The number of rotatable bonds is 2. The maximum absolute atomic E-state index is 2.48. The van der Waals surface area contributed by atoms with E-state index in [0.29, 0.717) is 0 Å². The fourth-order valence-corrected chi connectivity index (χ4v) is 9.71. The average molecular weight is 631 g/mol. The standard InChI is InChI=1S/C50H30/c1-27-12-20-38-40(24-27)47(37-23-19-33-17-15-29-6-3-7-31-18-22-36(37)46(33)43(29)31)49-39-21-13-28(2)25-41(39)48(50(38)49)42-26-34-10-4-8-30-14-16-32-9-5-11-35(42)45(32)44(30)34/h3-26H,1-2H3. The number of aryl methyl sites for hydroxylation is 2. The van der Waals surface area contributed by atoms with Crippen molar-refractivity contribution in [3.8, 4) is 0 Å². The quantitative estimate of drug-likeness (QED) is 0.167. The van der Waals surface area contributed by atoms with E-state index >= 15 is 0 Å². The molecule has 0 unspecified atom stereocenters. The zero-order chi connectivity index (χ0) is 32.8. The van der Waals surface area contributed by atoms with Crippen molar-refractivity contribution in [2.75, 3.05) is 0 Å². The van der Waals surface area contributed by atoms with Crippen LogP contribution in [0.2, 0.25) is 0 Å². The van der Waals surface area contributed by atoms with Gasteiger partial charge in [-0.2, -0.15) is 0 Å². The molecule has 0 aliphatic heterocycles. The van der Waals surface area contributed by atoms with Gasteiger partial charge >= 0.3 is 0 Å². The monoisotopic (exact) mass is 630 g/mol. The fraction of sp³-hybridized carbons (Fsp3) is 0.0400. The maximum Gasteiger partial charge on any atom is -0.000740 e. The minimum atomic E-state index is 1.29. The number of benzene rings is 10. The summed E-state index contributed by atoms with van der Waals surface area (Å²) in [6.07, 6.45) is 0. The topological polar surface area (TPSA) is 0 Å². The predicted octanol–water partition coefficient (Wildman–Crippen LogP) is 13.3. The molecular formula is C50H30. The number of hydrogen-bond acceptors (Lipinski definition) is 0. The van der Waals surface area contributed by atoms with Crippen molar-refractivity contribution in [1.29, 1.82) is 0 Å². The Balaban J connectivity index is 1.27. The van der Waals surface area contributed by atoms with E-state index in [9.17, 15) is 0 Å². The number of fused-ring (bicyclic) bond motifs is 5. The minimum absolute atomic E-state index is 1.29. The summed E-state index contributed by atoms with van der Waals surface area (Å²) in [6, 6.07) is 55.6. The Bertz CT molecular complexity index is 3180. The van der Waals surface area contributed by atoms with Crippen molar-refractivity contribution < 1.29 is 0 Å². The molecule has 10 aromatic rings. The first-order valence-electron chi connectivity index (χ1n) is 17.7. The summed E-state index contributed by atoms with van der Waals surface area (Å²) in [4.78, 5) is 0. The third kappa shape index (κ3) is 3.27. The Morgan fingerprint density at radius 3 is 1.30 bits per heavy atom. The van der Waals surface area contributed by atoms with E-state index in [4.69, 9.17) is 0 Å². The molecule has 0 aromatic heterocycles. The lowest BCUT2D eigenvalue weighted by Gasteiger charge is -2.18. The van der Waals surface area contributed by atoms with Gasteiger partial charge in [0, 0.05) is 0 Å². The van der Waals surface area contributed by atoms with Crippen LogP contribution in [0.15, 0.2) is 146 Å². The van der Waals surface area contributed by atoms with Crippen LogP contribution in [-0.2, 0) is 0 Å². The summed E-state index contributed by atoms with van der Waals surface area (Å²) in [5, 5.41) is 15.9. The summed E-state index contributed by atoms with van der Waals surface area (Å²) >= 11 is 0. The molecule has 0 nitrogen and oxygen atoms in total. The molecule has 0 heterocycles. The molecule has 0 bridgehead atoms. The third-order valence-electron chi connectivity index (χ3n) is 11.8. The van der Waals surface area contributed by atoms with E-state index in [2.05, 4.69) is 159 Å². The molecule has 0 radical (unpaired) electrons. The molecule has 0 amide bonds. The highest BCUT2D eigenvalue weighted by Gasteiger charge is 2.38. The van der Waals surface area contributed by atoms with E-state index in [1.807, 2.05) is 0 Å². The van der Waals surface area contributed by atoms with E-state index in [1.165, 1.54) is 131 Å². The predicted molar refractivity (Wildman–Crippen MR) is 214 cm³/mol. The first-order chi connectivity index (χ1) is 24.6. The van der Waals surface area contributed by atoms with Crippen molar-refractivity contribution in [2.45, 2.75) is 13.8 Å². The van der Waals surface area contributed by atoms with Gasteiger partial charge in [-0.05, 0) is 140 Å². The van der Waals surface area contributed by atoms with Crippen LogP contribution in [0.25, 0.3) is 86.9 Å². The van der Waals surface area contributed by atoms with Crippen LogP contribution in [0.3, 0.4) is 0 Å². The second-order valence-electron chi connectivity index (χ2n) is 14.5. The highest BCUT2D eigenvalue weighted by atomic mass is 14.4. The molecule has 10 aromatic carbocycles. The Kier molecular flexibility index (Phi) is 4.94. The minimum Gasteiger partial charge on any atom is -0.0610 e. The van der Waals surface area contributed by atoms with Crippen molar-refractivity contribution in [1.82, 2.24) is 0 Å². The Labute approximate surface area is 289 Å². The van der Waals surface area contributed by atoms with Gasteiger partial charge in [-0.3, -0.25) is 0 Å². The lowest BCUT2D eigenvalue weighted by atomic mass is 9.85. The van der Waals surface area contributed by atoms with E-state index in [1.54, 1.807) is 0 Å². The molecule has 2 aliphatic rings. The van der Waals surface area contributed by atoms with Gasteiger partial charge in [0.2, 0.25) is 0 Å². The van der Waals surface area contributed by atoms with Crippen LogP contribution >= 0.6 is 0 Å². The van der Waals surface area contributed by atoms with Crippen LogP contribution < -0.4 is 0 Å². The van der Waals surface area contributed by atoms with Crippen molar-refractivity contribution in [2.24, 2.45) is 0 Å². The van der Waals surface area contributed by atoms with E-state index in [0.717, 1.165) is 0 Å². The lowest BCUT2D eigenvalue weighted by molar-refractivity contribution is 1.43. The molecule has 0 heteroatoms. The van der Waals surface area contributed by atoms with E-state index in [-0.39, 0.29) is 0 Å². The van der Waals surface area contributed by atoms with Gasteiger partial charge in [0.05, 0.1) is 0 Å². The zero-order valence-electron chi connectivity index (χ0n) is 27.9. The largest absolute Gasteiger partial charge is 0.0610 e. The van der Waals surface area contributed by atoms with Gasteiger partial charge < -0.3 is 0 Å². The maximum atomic E-state index is 2.48. The summed E-state index contributed by atoms with van der Waals surface area (Å²) in [5.74, 6) is 0. The van der Waals surface area contributed by atoms with Crippen molar-refractivity contribution >= 4 is 86.9 Å². The average Bonchev–Trinajstić information content (AvgIpc) is 3.64. The smallest absolute Gasteiger partial charge is 0.000740 e. The first kappa shape index (κ1) is 26.7. The Morgan fingerprint density at radius 1 is 0.260 bits per heavy atom. The highest BCUT2D eigenvalue weighted by molar-refractivity contribution is 6.39. The molecule has 2 aliphatic carbocycles. The molecule has 0 atom stereocenters. The summed E-state index contributed by atoms with van der Waals surface area (Å²) < 4.78 is 0. The molecule has 0 fully saturated rings. The first-order valence-corrected chi connectivity index (χ1v) is 17.7. The SMILES string of the molecule is Cc1ccc2c(c1)C(c1ccc3ccc4cccc5ccc1c3c45)=C1C2=C(c2cc3cccc4ccc5cccc2c5c43)c2cc(C)ccc21. The molecule has 50 heavy (non-hydrogen) atoms. The third-order valence-corrected chi connectivity index (χ3v) is 11.8. The normalized spacial score (nSPS) is 14.0. The summed E-state index contributed by atoms with van der Waals surface area (Å²) in [6.45, 7) is 4.46. The Morgan fingerprint density at radius 2 is 0.680 bits per heavy atom. The second kappa shape index (κ2) is 9.26. The lowest BCUT2D eigenvalue weighted by Crippen LogP contribution is -1.96.